The molecule has 1 heteroatoms. The number of carbonyl (C=O) groups is 1. The lowest BCUT2D eigenvalue weighted by molar-refractivity contribution is 0.0939. The van der Waals surface area contributed by atoms with Crippen LogP contribution in [0, 0.1) is 11.3 Å². The molecule has 0 bridgehead atoms. The molecule has 2 saturated carbocycles. The topological polar surface area (TPSA) is 17.1 Å². The van der Waals surface area contributed by atoms with Gasteiger partial charge in [0.2, 0.25) is 0 Å². The quantitative estimate of drug-likeness (QED) is 0.698. The molecule has 0 radical (unpaired) electrons. The molecule has 0 saturated heterocycles. The average Bonchev–Trinajstić information content (AvgIpc) is 3.20. The zero-order valence-corrected chi connectivity index (χ0v) is 11.8. The minimum Gasteiger partial charge on any atom is -0.294 e. The minimum absolute atomic E-state index is 0.309. The van der Waals surface area contributed by atoms with E-state index in [4.69, 9.17) is 0 Å². The molecular formula is C19H20O. The first-order chi connectivity index (χ1) is 9.78. The fraction of sp³-hybridized carbons (Fsp3) is 0.421. The SMILES string of the molecule is O=C(c1ccc2ccccc2c1)C1CC12CCCCC2. The Morgan fingerprint density at radius 2 is 1.70 bits per heavy atom. The lowest BCUT2D eigenvalue weighted by Gasteiger charge is -2.22. The molecule has 1 spiro atoms. The molecule has 0 aromatic heterocycles. The Morgan fingerprint density at radius 1 is 0.950 bits per heavy atom. The molecule has 2 aromatic carbocycles. The number of fused-ring (bicyclic) bond motifs is 1. The Labute approximate surface area is 120 Å². The molecule has 2 aliphatic carbocycles. The van der Waals surface area contributed by atoms with E-state index in [0.717, 1.165) is 12.0 Å². The lowest BCUT2D eigenvalue weighted by Crippen LogP contribution is -2.14. The number of benzene rings is 2. The zero-order chi connectivity index (χ0) is 13.6. The van der Waals surface area contributed by atoms with Crippen LogP contribution in [-0.2, 0) is 0 Å². The Hall–Kier alpha value is -1.63. The molecule has 20 heavy (non-hydrogen) atoms. The van der Waals surface area contributed by atoms with Gasteiger partial charge < -0.3 is 0 Å². The van der Waals surface area contributed by atoms with Gasteiger partial charge in [-0.15, -0.1) is 0 Å². The summed E-state index contributed by atoms with van der Waals surface area (Å²) in [7, 11) is 0. The standard InChI is InChI=1S/C19H20O/c20-18(17-13-19(17)10-4-1-5-11-19)16-9-8-14-6-2-3-7-15(14)12-16/h2-3,6-9,12,17H,1,4-5,10-11,13H2. The highest BCUT2D eigenvalue weighted by Crippen LogP contribution is 2.62. The number of rotatable bonds is 2. The van der Waals surface area contributed by atoms with Crippen molar-refractivity contribution in [3.8, 4) is 0 Å². The molecule has 2 aliphatic rings. The van der Waals surface area contributed by atoms with E-state index in [1.807, 2.05) is 18.2 Å². The molecule has 1 atom stereocenters. The Bertz CT molecular complexity index is 664. The molecule has 102 valence electrons. The molecule has 4 rings (SSSR count). The van der Waals surface area contributed by atoms with Crippen molar-refractivity contribution < 1.29 is 4.79 Å². The second kappa shape index (κ2) is 4.44. The van der Waals surface area contributed by atoms with Crippen molar-refractivity contribution in [1.82, 2.24) is 0 Å². The second-order valence-corrected chi connectivity index (χ2v) is 6.61. The monoisotopic (exact) mass is 264 g/mol. The van der Waals surface area contributed by atoms with Gasteiger partial charge in [-0.2, -0.15) is 0 Å². The van der Waals surface area contributed by atoms with Crippen LogP contribution in [-0.4, -0.2) is 5.78 Å². The predicted octanol–water partition coefficient (Wildman–Crippen LogP) is 4.99. The highest BCUT2D eigenvalue weighted by Gasteiger charge is 2.57. The Balaban J connectivity index is 1.61. The zero-order valence-electron chi connectivity index (χ0n) is 11.8. The van der Waals surface area contributed by atoms with Crippen molar-refractivity contribution in [1.29, 1.82) is 0 Å². The molecule has 1 nitrogen and oxygen atoms in total. The van der Waals surface area contributed by atoms with Crippen molar-refractivity contribution >= 4 is 16.6 Å². The van der Waals surface area contributed by atoms with E-state index in [9.17, 15) is 4.79 Å². The van der Waals surface area contributed by atoms with E-state index in [0.29, 0.717) is 17.1 Å². The third-order valence-corrected chi connectivity index (χ3v) is 5.39. The van der Waals surface area contributed by atoms with Crippen LogP contribution in [0.3, 0.4) is 0 Å². The Kier molecular flexibility index (Phi) is 2.70. The maximum atomic E-state index is 12.7. The summed E-state index contributed by atoms with van der Waals surface area (Å²) in [5, 5.41) is 2.39. The average molecular weight is 264 g/mol. The van der Waals surface area contributed by atoms with Crippen LogP contribution >= 0.6 is 0 Å². The highest BCUT2D eigenvalue weighted by molar-refractivity contribution is 6.03. The van der Waals surface area contributed by atoms with Gasteiger partial charge in [-0.1, -0.05) is 55.7 Å². The van der Waals surface area contributed by atoms with E-state index in [2.05, 4.69) is 24.3 Å². The van der Waals surface area contributed by atoms with Crippen molar-refractivity contribution in [2.75, 3.05) is 0 Å². The summed E-state index contributed by atoms with van der Waals surface area (Å²) >= 11 is 0. The predicted molar refractivity (Wildman–Crippen MR) is 81.9 cm³/mol. The largest absolute Gasteiger partial charge is 0.294 e. The first-order valence-corrected chi connectivity index (χ1v) is 7.82. The van der Waals surface area contributed by atoms with Crippen LogP contribution in [0.4, 0.5) is 0 Å². The summed E-state index contributed by atoms with van der Waals surface area (Å²) in [6.07, 6.45) is 7.69. The van der Waals surface area contributed by atoms with Gasteiger partial charge in [0, 0.05) is 11.5 Å². The minimum atomic E-state index is 0.309. The van der Waals surface area contributed by atoms with Gasteiger partial charge in [0.25, 0.3) is 0 Å². The lowest BCUT2D eigenvalue weighted by atomic mass is 9.83. The van der Waals surface area contributed by atoms with E-state index in [1.54, 1.807) is 0 Å². The van der Waals surface area contributed by atoms with Gasteiger partial charge in [-0.25, -0.2) is 0 Å². The Morgan fingerprint density at radius 3 is 2.50 bits per heavy atom. The van der Waals surface area contributed by atoms with E-state index in [1.165, 1.54) is 42.9 Å². The molecule has 0 N–H and O–H groups in total. The van der Waals surface area contributed by atoms with Gasteiger partial charge in [-0.05, 0) is 41.5 Å². The fourth-order valence-corrected chi connectivity index (χ4v) is 4.07. The van der Waals surface area contributed by atoms with Crippen LogP contribution in [0.25, 0.3) is 10.8 Å². The first-order valence-electron chi connectivity index (χ1n) is 7.82. The number of carbonyl (C=O) groups excluding carboxylic acids is 1. The van der Waals surface area contributed by atoms with Crippen LogP contribution in [0.2, 0.25) is 0 Å². The summed E-state index contributed by atoms with van der Waals surface area (Å²) < 4.78 is 0. The maximum absolute atomic E-state index is 12.7. The summed E-state index contributed by atoms with van der Waals surface area (Å²) in [5.41, 5.74) is 1.30. The van der Waals surface area contributed by atoms with E-state index in [-0.39, 0.29) is 0 Å². The second-order valence-electron chi connectivity index (χ2n) is 6.61. The first kappa shape index (κ1) is 12.1. The summed E-state index contributed by atoms with van der Waals surface area (Å²) in [5.74, 6) is 0.696. The van der Waals surface area contributed by atoms with Crippen molar-refractivity contribution in [3.63, 3.8) is 0 Å². The number of hydrogen-bond acceptors (Lipinski definition) is 1. The van der Waals surface area contributed by atoms with Crippen molar-refractivity contribution in [3.05, 3.63) is 48.0 Å². The molecule has 0 amide bonds. The summed E-state index contributed by atoms with van der Waals surface area (Å²) in [4.78, 5) is 12.7. The summed E-state index contributed by atoms with van der Waals surface area (Å²) in [6.45, 7) is 0. The molecular weight excluding hydrogens is 244 g/mol. The van der Waals surface area contributed by atoms with Crippen LogP contribution < -0.4 is 0 Å². The van der Waals surface area contributed by atoms with E-state index >= 15 is 0 Å². The number of Topliss-reactive ketones (excluding diaryl/α,β-unsaturated/α-hetero) is 1. The van der Waals surface area contributed by atoms with Crippen LogP contribution in [0.15, 0.2) is 42.5 Å². The smallest absolute Gasteiger partial charge is 0.166 e. The molecule has 2 fully saturated rings. The van der Waals surface area contributed by atoms with Crippen LogP contribution in [0.5, 0.6) is 0 Å². The number of hydrogen-bond donors (Lipinski definition) is 0. The normalized spacial score (nSPS) is 23.9. The van der Waals surface area contributed by atoms with Crippen molar-refractivity contribution in [2.24, 2.45) is 11.3 Å². The van der Waals surface area contributed by atoms with Crippen LogP contribution in [0.1, 0.15) is 48.9 Å². The maximum Gasteiger partial charge on any atom is 0.166 e. The van der Waals surface area contributed by atoms with E-state index < -0.39 is 0 Å². The fourth-order valence-electron chi connectivity index (χ4n) is 4.07. The van der Waals surface area contributed by atoms with Gasteiger partial charge in [0.1, 0.15) is 0 Å². The molecule has 0 aliphatic heterocycles. The van der Waals surface area contributed by atoms with Gasteiger partial charge >= 0.3 is 0 Å². The third kappa shape index (κ3) is 1.88. The molecule has 0 heterocycles. The molecule has 1 unspecified atom stereocenters. The number of ketones is 1. The van der Waals surface area contributed by atoms with Crippen molar-refractivity contribution in [2.45, 2.75) is 38.5 Å². The molecule has 2 aromatic rings. The van der Waals surface area contributed by atoms with Gasteiger partial charge in [0.05, 0.1) is 0 Å². The highest BCUT2D eigenvalue weighted by atomic mass is 16.1. The van der Waals surface area contributed by atoms with Gasteiger partial charge in [-0.3, -0.25) is 4.79 Å². The van der Waals surface area contributed by atoms with Gasteiger partial charge in [0.15, 0.2) is 5.78 Å². The third-order valence-electron chi connectivity index (χ3n) is 5.39. The summed E-state index contributed by atoms with van der Waals surface area (Å²) in [6, 6.07) is 14.4.